The first-order chi connectivity index (χ1) is 14.7. The van der Waals surface area contributed by atoms with Gasteiger partial charge in [0.1, 0.15) is 0 Å². The van der Waals surface area contributed by atoms with Crippen molar-refractivity contribution in [1.29, 1.82) is 0 Å². The number of hydrogen-bond donors (Lipinski definition) is 0. The molecule has 0 spiro atoms. The van der Waals surface area contributed by atoms with E-state index in [0.29, 0.717) is 0 Å². The van der Waals surface area contributed by atoms with E-state index in [-0.39, 0.29) is 0 Å². The van der Waals surface area contributed by atoms with Crippen molar-refractivity contribution in [3.8, 4) is 0 Å². The van der Waals surface area contributed by atoms with E-state index in [1.165, 1.54) is 22.1 Å². The van der Waals surface area contributed by atoms with E-state index >= 15 is 0 Å². The number of fused-ring (bicyclic) bond motifs is 2. The summed E-state index contributed by atoms with van der Waals surface area (Å²) in [5, 5.41) is 0. The smallest absolute Gasteiger partial charge is 0.244 e. The second-order valence-corrected chi connectivity index (χ2v) is 7.58. The van der Waals surface area contributed by atoms with Crippen LogP contribution < -0.4 is 9.13 Å². The van der Waals surface area contributed by atoms with Crippen LogP contribution in [0.3, 0.4) is 0 Å². The Balaban J connectivity index is 0.000000182. The summed E-state index contributed by atoms with van der Waals surface area (Å²) in [7, 11) is -5.17. The van der Waals surface area contributed by atoms with Crippen molar-refractivity contribution in [1.82, 2.24) is 9.13 Å². The van der Waals surface area contributed by atoms with Gasteiger partial charge in [-0.15, -0.1) is 0 Å². The number of rotatable bonds is 4. The molecule has 8 nitrogen and oxygen atoms in total. The molecule has 0 saturated carbocycles. The summed E-state index contributed by atoms with van der Waals surface area (Å²) in [5.41, 5.74) is 5.30. The van der Waals surface area contributed by atoms with Crippen LogP contribution in [0.5, 0.6) is 0 Å². The van der Waals surface area contributed by atoms with Crippen molar-refractivity contribution in [3.63, 3.8) is 0 Å². The van der Waals surface area contributed by atoms with Crippen LogP contribution in [-0.4, -0.2) is 26.7 Å². The van der Waals surface area contributed by atoms with Crippen molar-refractivity contribution < 1.29 is 26.7 Å². The third-order valence-corrected chi connectivity index (χ3v) is 4.92. The lowest BCUT2D eigenvalue weighted by Crippen LogP contribution is -2.30. The van der Waals surface area contributed by atoms with Gasteiger partial charge in [0.2, 0.25) is 12.7 Å². The zero-order valence-corrected chi connectivity index (χ0v) is 19.2. The fourth-order valence-electron chi connectivity index (χ4n) is 3.49. The van der Waals surface area contributed by atoms with Crippen LogP contribution in [0.15, 0.2) is 61.2 Å². The molecule has 4 aromatic rings. The number of hydrogen-bond acceptors (Lipinski definition) is 4. The fourth-order valence-corrected chi connectivity index (χ4v) is 3.49. The van der Waals surface area contributed by atoms with Gasteiger partial charge in [-0.3, -0.25) is 8.42 Å². The van der Waals surface area contributed by atoms with Crippen molar-refractivity contribution >= 4 is 32.5 Å². The molecule has 31 heavy (non-hydrogen) atoms. The first-order valence-electron chi connectivity index (χ1n) is 10.3. The third-order valence-electron chi connectivity index (χ3n) is 4.92. The molecular formula is C22H30N4O4S. The van der Waals surface area contributed by atoms with Crippen molar-refractivity contribution in [2.75, 3.05) is 0 Å². The molecule has 0 aliphatic carbocycles. The minimum absolute atomic E-state index is 1.04. The topological polar surface area (TPSA) is 97.9 Å². The summed E-state index contributed by atoms with van der Waals surface area (Å²) in [6, 6.07) is 17.1. The van der Waals surface area contributed by atoms with Gasteiger partial charge < -0.3 is 9.11 Å². The molecule has 0 aliphatic heterocycles. The quantitative estimate of drug-likeness (QED) is 0.273. The maximum atomic E-state index is 8.52. The first-order valence-corrected chi connectivity index (χ1v) is 11.7. The lowest BCUT2D eigenvalue weighted by molar-refractivity contribution is -0.668. The van der Waals surface area contributed by atoms with Gasteiger partial charge in [-0.05, 0) is 52.0 Å². The number of aryl methyl sites for hydroxylation is 4. The van der Waals surface area contributed by atoms with Crippen molar-refractivity contribution in [3.05, 3.63) is 61.2 Å². The molecule has 9 heteroatoms. The number of nitrogens with zero attached hydrogens (tertiary/aromatic N) is 4. The Morgan fingerprint density at radius 2 is 1.03 bits per heavy atom. The maximum Gasteiger partial charge on any atom is 0.244 e. The molecule has 168 valence electrons. The van der Waals surface area contributed by atoms with Crippen LogP contribution in [0.25, 0.3) is 22.1 Å². The molecule has 0 saturated heterocycles. The van der Waals surface area contributed by atoms with Gasteiger partial charge >= 0.3 is 0 Å². The summed E-state index contributed by atoms with van der Waals surface area (Å²) >= 11 is 0. The van der Waals surface area contributed by atoms with E-state index < -0.39 is 10.4 Å². The normalized spacial score (nSPS) is 11.0. The van der Waals surface area contributed by atoms with E-state index in [2.05, 4.69) is 107 Å². The molecule has 0 aliphatic rings. The summed E-state index contributed by atoms with van der Waals surface area (Å²) < 4.78 is 43.2. The van der Waals surface area contributed by atoms with Crippen LogP contribution in [0, 0.1) is 0 Å². The van der Waals surface area contributed by atoms with E-state index in [9.17, 15) is 0 Å². The summed E-state index contributed by atoms with van der Waals surface area (Å²) in [4.78, 5) is 0. The average Bonchev–Trinajstić information content (AvgIpc) is 3.31. The van der Waals surface area contributed by atoms with Crippen molar-refractivity contribution in [2.24, 2.45) is 0 Å². The molecule has 2 aromatic carbocycles. The molecule has 4 rings (SSSR count). The van der Waals surface area contributed by atoms with Gasteiger partial charge in [-0.1, -0.05) is 24.3 Å². The van der Waals surface area contributed by atoms with Crippen LogP contribution >= 0.6 is 0 Å². The second kappa shape index (κ2) is 11.0. The van der Waals surface area contributed by atoms with Crippen LogP contribution in [0.2, 0.25) is 0 Å². The van der Waals surface area contributed by atoms with Gasteiger partial charge in [0.25, 0.3) is 0 Å². The average molecular weight is 447 g/mol. The standard InChI is InChI=1S/2C11H15N2.H2O4S/c2*1-3-12-9-13(4-2)11-8-6-5-7-10(11)12;1-5(2,3)4/h2*5-9H,3-4H2,1-2H3;(H2,1,2,3,4)/q2*+1;/p-2. The lowest BCUT2D eigenvalue weighted by Gasteiger charge is -2.06. The Morgan fingerprint density at radius 1 is 0.710 bits per heavy atom. The number of para-hydroxylation sites is 4. The summed E-state index contributed by atoms with van der Waals surface area (Å²) in [5.74, 6) is 0. The lowest BCUT2D eigenvalue weighted by atomic mass is 10.3. The highest BCUT2D eigenvalue weighted by atomic mass is 32.3. The Morgan fingerprint density at radius 3 is 1.32 bits per heavy atom. The molecule has 0 fully saturated rings. The van der Waals surface area contributed by atoms with E-state index in [0.717, 1.165) is 26.2 Å². The summed E-state index contributed by atoms with van der Waals surface area (Å²) in [6.07, 6.45) is 4.37. The van der Waals surface area contributed by atoms with Gasteiger partial charge in [-0.25, -0.2) is 18.3 Å². The van der Waals surface area contributed by atoms with Gasteiger partial charge in [0.05, 0.1) is 26.2 Å². The highest BCUT2D eigenvalue weighted by Crippen LogP contribution is 2.10. The van der Waals surface area contributed by atoms with Crippen LogP contribution in [0.4, 0.5) is 0 Å². The second-order valence-electron chi connectivity index (χ2n) is 6.76. The molecule has 0 N–H and O–H groups in total. The third kappa shape index (κ3) is 6.61. The highest BCUT2D eigenvalue weighted by Gasteiger charge is 2.12. The highest BCUT2D eigenvalue weighted by molar-refractivity contribution is 7.79. The van der Waals surface area contributed by atoms with Crippen molar-refractivity contribution in [2.45, 2.75) is 53.9 Å². The largest absolute Gasteiger partial charge is 0.759 e. The Hall–Kier alpha value is -2.75. The Bertz CT molecular complexity index is 1060. The Kier molecular flexibility index (Phi) is 8.73. The van der Waals surface area contributed by atoms with Gasteiger partial charge in [-0.2, -0.15) is 0 Å². The molecule has 0 bridgehead atoms. The minimum Gasteiger partial charge on any atom is -0.759 e. The number of aromatic nitrogens is 4. The first kappa shape index (κ1) is 24.5. The van der Waals surface area contributed by atoms with Gasteiger partial charge in [0.15, 0.2) is 22.1 Å². The minimum atomic E-state index is -5.17. The molecule has 0 amide bonds. The maximum absolute atomic E-state index is 8.52. The van der Waals surface area contributed by atoms with Crippen LogP contribution in [-0.2, 0) is 36.6 Å². The van der Waals surface area contributed by atoms with E-state index in [4.69, 9.17) is 17.5 Å². The molecular weight excluding hydrogens is 416 g/mol. The zero-order chi connectivity index (χ0) is 23.0. The Labute approximate surface area is 183 Å². The number of imidazole rings is 2. The monoisotopic (exact) mass is 446 g/mol. The van der Waals surface area contributed by atoms with E-state index in [1.807, 2.05) is 0 Å². The predicted molar refractivity (Wildman–Crippen MR) is 117 cm³/mol. The number of benzene rings is 2. The zero-order valence-electron chi connectivity index (χ0n) is 18.4. The molecule has 2 heterocycles. The molecule has 0 radical (unpaired) electrons. The molecule has 0 atom stereocenters. The predicted octanol–water partition coefficient (Wildman–Crippen LogP) is 2.60. The molecule has 2 aromatic heterocycles. The SMILES string of the molecule is CCn1c[n+](CC)c2ccccc21.CCn1c[n+](CC)c2ccccc21.O=S(=O)([O-])[O-]. The summed E-state index contributed by atoms with van der Waals surface area (Å²) in [6.45, 7) is 12.8. The molecule has 0 unspecified atom stereocenters. The van der Waals surface area contributed by atoms with Crippen LogP contribution in [0.1, 0.15) is 27.7 Å². The van der Waals surface area contributed by atoms with E-state index in [1.54, 1.807) is 0 Å². The fraction of sp³-hybridized carbons (Fsp3) is 0.364. The van der Waals surface area contributed by atoms with Gasteiger partial charge in [0, 0.05) is 10.4 Å².